The lowest BCUT2D eigenvalue weighted by molar-refractivity contribution is -0.135. The zero-order valence-electron chi connectivity index (χ0n) is 32.0. The fourth-order valence-corrected chi connectivity index (χ4v) is 8.19. The molecule has 1 unspecified atom stereocenters. The molecule has 4 heterocycles. The first-order chi connectivity index (χ1) is 26.3. The Hall–Kier alpha value is -5.72. The van der Waals surface area contributed by atoms with Crippen LogP contribution < -0.4 is 5.32 Å². The average molecular weight is 748 g/mol. The van der Waals surface area contributed by atoms with E-state index in [0.717, 1.165) is 52.5 Å². The van der Waals surface area contributed by atoms with E-state index < -0.39 is 17.7 Å². The SMILES string of the molecule is COC(=O)N[C@H](C(=O)N1CCC[C@H]1c1nc2ccc3c(F)c(-c4ccc5c(ccc6nc(C7CCCN7C(=O)OC(C)(C)C)[nH]c65)c4)ccc3c2[nH]1)C(C)C. The van der Waals surface area contributed by atoms with Crippen molar-refractivity contribution in [3.63, 3.8) is 0 Å². The summed E-state index contributed by atoms with van der Waals surface area (Å²) in [5, 5.41) is 5.72. The van der Waals surface area contributed by atoms with Gasteiger partial charge in [0.2, 0.25) is 5.91 Å². The van der Waals surface area contributed by atoms with Crippen LogP contribution in [0.4, 0.5) is 14.0 Å². The number of amides is 3. The number of halogens is 1. The third kappa shape index (κ3) is 6.59. The van der Waals surface area contributed by atoms with Gasteiger partial charge >= 0.3 is 12.2 Å². The highest BCUT2D eigenvalue weighted by Crippen LogP contribution is 2.38. The molecule has 0 spiro atoms. The van der Waals surface area contributed by atoms with Crippen LogP contribution in [0.2, 0.25) is 0 Å². The average Bonchev–Trinajstić information content (AvgIpc) is 3.97. The molecule has 2 aliphatic rings. The van der Waals surface area contributed by atoms with Gasteiger partial charge in [0.05, 0.1) is 41.3 Å². The number of alkyl carbamates (subject to hydrolysis) is 1. The van der Waals surface area contributed by atoms with E-state index in [0.29, 0.717) is 52.7 Å². The molecular weight excluding hydrogens is 702 g/mol. The number of H-pyrrole nitrogens is 2. The first-order valence-corrected chi connectivity index (χ1v) is 19.0. The van der Waals surface area contributed by atoms with Crippen LogP contribution in [0.25, 0.3) is 54.7 Å². The Morgan fingerprint density at radius 2 is 1.44 bits per heavy atom. The predicted molar refractivity (Wildman–Crippen MR) is 209 cm³/mol. The number of aromatic amines is 2. The molecule has 13 heteroatoms. The van der Waals surface area contributed by atoms with Crippen LogP contribution in [-0.4, -0.2) is 79.7 Å². The number of aromatic nitrogens is 4. The number of hydrogen-bond donors (Lipinski definition) is 3. The van der Waals surface area contributed by atoms with E-state index in [2.05, 4.69) is 15.3 Å². The van der Waals surface area contributed by atoms with Crippen molar-refractivity contribution in [1.29, 1.82) is 0 Å². The molecular formula is C42H46FN7O5. The highest BCUT2D eigenvalue weighted by atomic mass is 19.1. The summed E-state index contributed by atoms with van der Waals surface area (Å²) in [5.74, 6) is 0.686. The summed E-state index contributed by atoms with van der Waals surface area (Å²) in [7, 11) is 1.27. The van der Waals surface area contributed by atoms with Crippen LogP contribution in [-0.2, 0) is 14.3 Å². The molecule has 4 aromatic carbocycles. The van der Waals surface area contributed by atoms with Crippen molar-refractivity contribution in [2.75, 3.05) is 20.2 Å². The fourth-order valence-electron chi connectivity index (χ4n) is 8.19. The molecule has 3 N–H and O–H groups in total. The molecule has 0 radical (unpaired) electrons. The van der Waals surface area contributed by atoms with Gasteiger partial charge in [0.15, 0.2) is 0 Å². The molecule has 2 aromatic heterocycles. The lowest BCUT2D eigenvalue weighted by Gasteiger charge is -2.29. The van der Waals surface area contributed by atoms with E-state index >= 15 is 4.39 Å². The maximum Gasteiger partial charge on any atom is 0.410 e. The quantitative estimate of drug-likeness (QED) is 0.155. The van der Waals surface area contributed by atoms with Crippen molar-refractivity contribution in [1.82, 2.24) is 35.1 Å². The van der Waals surface area contributed by atoms with Crippen molar-refractivity contribution < 1.29 is 28.2 Å². The second kappa shape index (κ2) is 13.8. The molecule has 0 aliphatic carbocycles. The van der Waals surface area contributed by atoms with Gasteiger partial charge in [-0.1, -0.05) is 44.2 Å². The summed E-state index contributed by atoms with van der Waals surface area (Å²) in [4.78, 5) is 58.9. The smallest absolute Gasteiger partial charge is 0.410 e. The summed E-state index contributed by atoms with van der Waals surface area (Å²) in [6.07, 6.45) is 2.18. The van der Waals surface area contributed by atoms with Gasteiger partial charge in [-0.15, -0.1) is 0 Å². The summed E-state index contributed by atoms with van der Waals surface area (Å²) in [6.45, 7) is 10.5. The largest absolute Gasteiger partial charge is 0.453 e. The molecule has 6 aromatic rings. The van der Waals surface area contributed by atoms with Crippen LogP contribution in [0.5, 0.6) is 0 Å². The number of methoxy groups -OCH3 is 1. The number of hydrogen-bond acceptors (Lipinski definition) is 7. The molecule has 2 fully saturated rings. The molecule has 2 saturated heterocycles. The standard InChI is InChI=1S/C42H46FN7O5/c1-22(2)34(48-40(52)54-6)39(51)49-19-7-9-31(49)37-45-30-18-16-27-28(36(30)47-37)15-14-25(33(27)43)23-11-13-26-24(21-23)12-17-29-35(26)46-38(44-29)32-10-8-20-50(32)41(53)55-42(3,4)5/h11-18,21-22,31-32,34H,7-10,19-20H2,1-6H3,(H,44,46)(H,45,47)(H,48,52)/t31-,32?,34-/m0/s1. The van der Waals surface area contributed by atoms with Crippen LogP contribution in [0.1, 0.15) is 84.0 Å². The zero-order chi connectivity index (χ0) is 38.8. The first kappa shape index (κ1) is 36.3. The Kier molecular flexibility index (Phi) is 9.13. The number of nitrogens with zero attached hydrogens (tertiary/aromatic N) is 4. The van der Waals surface area contributed by atoms with Gasteiger partial charge in [-0.05, 0) is 87.6 Å². The molecule has 0 bridgehead atoms. The van der Waals surface area contributed by atoms with E-state index in [1.165, 1.54) is 7.11 Å². The topological polar surface area (TPSA) is 146 Å². The van der Waals surface area contributed by atoms with E-state index in [1.807, 2.05) is 77.1 Å². The summed E-state index contributed by atoms with van der Waals surface area (Å²) in [6, 6.07) is 15.9. The Balaban J connectivity index is 1.08. The Labute approximate surface area is 317 Å². The van der Waals surface area contributed by atoms with E-state index in [4.69, 9.17) is 19.4 Å². The molecule has 8 rings (SSSR count). The molecule has 12 nitrogen and oxygen atoms in total. The number of benzene rings is 4. The minimum atomic E-state index is -0.738. The van der Waals surface area contributed by atoms with E-state index in [-0.39, 0.29) is 35.8 Å². The van der Waals surface area contributed by atoms with Gasteiger partial charge in [-0.3, -0.25) is 9.69 Å². The number of fused-ring (bicyclic) bond motifs is 6. The van der Waals surface area contributed by atoms with Crippen molar-refractivity contribution in [3.05, 3.63) is 72.1 Å². The summed E-state index contributed by atoms with van der Waals surface area (Å²) >= 11 is 0. The number of likely N-dealkylation sites (tertiary alicyclic amines) is 2. The Morgan fingerprint density at radius 3 is 2.09 bits per heavy atom. The second-order valence-corrected chi connectivity index (χ2v) is 16.0. The number of rotatable bonds is 6. The van der Waals surface area contributed by atoms with Crippen LogP contribution >= 0.6 is 0 Å². The maximum absolute atomic E-state index is 16.5. The van der Waals surface area contributed by atoms with E-state index in [9.17, 15) is 14.4 Å². The van der Waals surface area contributed by atoms with Gasteiger partial charge in [0, 0.05) is 34.8 Å². The van der Waals surface area contributed by atoms with Crippen LogP contribution in [0, 0.1) is 11.7 Å². The van der Waals surface area contributed by atoms with Crippen molar-refractivity contribution in [2.45, 2.75) is 84.0 Å². The molecule has 3 amide bonds. The van der Waals surface area contributed by atoms with Crippen molar-refractivity contribution in [3.8, 4) is 11.1 Å². The normalized spacial score (nSPS) is 18.3. The number of nitrogens with one attached hydrogen (secondary N) is 3. The Morgan fingerprint density at radius 1 is 0.836 bits per heavy atom. The van der Waals surface area contributed by atoms with Gasteiger partial charge in [0.1, 0.15) is 29.1 Å². The lowest BCUT2D eigenvalue weighted by atomic mass is 9.97. The van der Waals surface area contributed by atoms with Crippen LogP contribution in [0.3, 0.4) is 0 Å². The minimum absolute atomic E-state index is 0.146. The van der Waals surface area contributed by atoms with Crippen LogP contribution in [0.15, 0.2) is 54.6 Å². The molecule has 3 atom stereocenters. The highest BCUT2D eigenvalue weighted by Gasteiger charge is 2.38. The number of ether oxygens (including phenoxy) is 2. The molecule has 0 saturated carbocycles. The van der Waals surface area contributed by atoms with E-state index in [1.54, 1.807) is 21.9 Å². The van der Waals surface area contributed by atoms with Crippen molar-refractivity contribution in [2.24, 2.45) is 5.92 Å². The number of imidazole rings is 2. The molecule has 2 aliphatic heterocycles. The summed E-state index contributed by atoms with van der Waals surface area (Å²) in [5.41, 5.74) is 3.68. The third-order valence-electron chi connectivity index (χ3n) is 10.8. The fraction of sp³-hybridized carbons (Fsp3) is 0.405. The van der Waals surface area contributed by atoms with Gasteiger partial charge < -0.3 is 29.7 Å². The Bertz CT molecular complexity index is 2480. The lowest BCUT2D eigenvalue weighted by Crippen LogP contribution is -2.51. The number of carbonyl (C=O) groups is 3. The first-order valence-electron chi connectivity index (χ1n) is 19.0. The van der Waals surface area contributed by atoms with Crippen molar-refractivity contribution >= 4 is 61.7 Å². The monoisotopic (exact) mass is 747 g/mol. The predicted octanol–water partition coefficient (Wildman–Crippen LogP) is 8.67. The maximum atomic E-state index is 16.5. The molecule has 55 heavy (non-hydrogen) atoms. The second-order valence-electron chi connectivity index (χ2n) is 16.0. The van der Waals surface area contributed by atoms with Gasteiger partial charge in [-0.25, -0.2) is 23.9 Å². The summed E-state index contributed by atoms with van der Waals surface area (Å²) < 4.78 is 26.9. The number of carbonyl (C=O) groups excluding carboxylic acids is 3. The van der Waals surface area contributed by atoms with Gasteiger partial charge in [0.25, 0.3) is 0 Å². The highest BCUT2D eigenvalue weighted by molar-refractivity contribution is 6.08. The third-order valence-corrected chi connectivity index (χ3v) is 10.8. The van der Waals surface area contributed by atoms with Gasteiger partial charge in [-0.2, -0.15) is 0 Å². The zero-order valence-corrected chi connectivity index (χ0v) is 32.0. The molecule has 286 valence electrons. The minimum Gasteiger partial charge on any atom is -0.453 e.